The van der Waals surface area contributed by atoms with E-state index in [0.29, 0.717) is 19.7 Å². The zero-order valence-corrected chi connectivity index (χ0v) is 13.9. The Morgan fingerprint density at radius 2 is 2.13 bits per heavy atom. The molecule has 0 radical (unpaired) electrons. The Hall–Kier alpha value is -2.11. The molecule has 0 saturated heterocycles. The van der Waals surface area contributed by atoms with Gasteiger partial charge in [-0.25, -0.2) is 0 Å². The van der Waals surface area contributed by atoms with E-state index in [1.165, 1.54) is 4.88 Å². The van der Waals surface area contributed by atoms with E-state index in [0.717, 1.165) is 23.0 Å². The molecule has 0 aliphatic heterocycles. The summed E-state index contributed by atoms with van der Waals surface area (Å²) in [6.45, 7) is 1.63. The number of para-hydroxylation sites is 1. The summed E-state index contributed by atoms with van der Waals surface area (Å²) in [4.78, 5) is 13.4. The maximum absolute atomic E-state index is 12.3. The van der Waals surface area contributed by atoms with Crippen LogP contribution in [-0.2, 0) is 16.1 Å². The molecule has 1 aromatic carbocycles. The van der Waals surface area contributed by atoms with Gasteiger partial charge in [-0.3, -0.25) is 4.79 Å². The van der Waals surface area contributed by atoms with Crippen molar-refractivity contribution in [1.82, 2.24) is 9.88 Å². The van der Waals surface area contributed by atoms with Gasteiger partial charge >= 0.3 is 0 Å². The summed E-state index contributed by atoms with van der Waals surface area (Å²) in [5.74, 6) is 0.0280. The minimum absolute atomic E-state index is 0.0280. The van der Waals surface area contributed by atoms with Crippen molar-refractivity contribution in [1.29, 1.82) is 0 Å². The lowest BCUT2D eigenvalue weighted by molar-refractivity contribution is -0.121. The fourth-order valence-corrected chi connectivity index (χ4v) is 3.40. The molecule has 3 aromatic rings. The molecule has 0 aliphatic rings. The summed E-state index contributed by atoms with van der Waals surface area (Å²) < 4.78 is 7.09. The van der Waals surface area contributed by atoms with E-state index in [4.69, 9.17) is 4.74 Å². The Bertz CT molecular complexity index is 778. The lowest BCUT2D eigenvalue weighted by atomic mass is 10.2. The molecule has 0 bridgehead atoms. The van der Waals surface area contributed by atoms with Crippen molar-refractivity contribution in [3.05, 3.63) is 47.8 Å². The van der Waals surface area contributed by atoms with Gasteiger partial charge < -0.3 is 14.6 Å². The molecular formula is C18H20N2O2S. The first kappa shape index (κ1) is 15.8. The molecule has 0 saturated carbocycles. The van der Waals surface area contributed by atoms with E-state index < -0.39 is 0 Å². The van der Waals surface area contributed by atoms with E-state index in [1.54, 1.807) is 18.4 Å². The first-order valence-corrected chi connectivity index (χ1v) is 8.55. The van der Waals surface area contributed by atoms with Gasteiger partial charge in [0.05, 0.1) is 10.6 Å². The zero-order chi connectivity index (χ0) is 16.1. The maximum Gasteiger partial charge on any atom is 0.239 e. The number of carbonyl (C=O) groups is 1. The van der Waals surface area contributed by atoms with Gasteiger partial charge in [-0.15, -0.1) is 11.3 Å². The molecule has 0 aliphatic carbocycles. The molecule has 0 spiro atoms. The van der Waals surface area contributed by atoms with Crippen molar-refractivity contribution in [3.8, 4) is 10.6 Å². The monoisotopic (exact) mass is 328 g/mol. The summed E-state index contributed by atoms with van der Waals surface area (Å²) >= 11 is 1.69. The summed E-state index contributed by atoms with van der Waals surface area (Å²) in [6, 6.07) is 14.4. The van der Waals surface area contributed by atoms with E-state index >= 15 is 0 Å². The minimum atomic E-state index is 0.0280. The number of nitrogens with zero attached hydrogens (tertiary/aromatic N) is 1. The lowest BCUT2D eigenvalue weighted by Crippen LogP contribution is -2.29. The number of benzene rings is 1. The maximum atomic E-state index is 12.3. The molecule has 120 valence electrons. The number of nitrogens with one attached hydrogen (secondary N) is 1. The van der Waals surface area contributed by atoms with Crippen LogP contribution in [0.25, 0.3) is 21.5 Å². The normalized spacial score (nSPS) is 11.0. The molecule has 0 fully saturated rings. The van der Waals surface area contributed by atoms with E-state index in [-0.39, 0.29) is 5.91 Å². The van der Waals surface area contributed by atoms with E-state index in [2.05, 4.69) is 39.5 Å². The highest BCUT2D eigenvalue weighted by Crippen LogP contribution is 2.31. The van der Waals surface area contributed by atoms with Gasteiger partial charge in [-0.1, -0.05) is 24.3 Å². The molecular weight excluding hydrogens is 308 g/mol. The quantitative estimate of drug-likeness (QED) is 0.674. The molecule has 1 amide bonds. The Kier molecular flexibility index (Phi) is 5.10. The first-order valence-electron chi connectivity index (χ1n) is 7.67. The van der Waals surface area contributed by atoms with Crippen LogP contribution in [0, 0.1) is 0 Å². The molecule has 0 atom stereocenters. The molecule has 1 N–H and O–H groups in total. The number of aromatic nitrogens is 1. The summed E-state index contributed by atoms with van der Waals surface area (Å²) in [7, 11) is 1.67. The number of thiophene rings is 1. The number of carbonyl (C=O) groups excluding carboxylic acids is 1. The van der Waals surface area contributed by atoms with Crippen LogP contribution in [-0.4, -0.2) is 30.7 Å². The Morgan fingerprint density at radius 1 is 1.26 bits per heavy atom. The lowest BCUT2D eigenvalue weighted by Gasteiger charge is -2.10. The molecule has 5 heteroatoms. The van der Waals surface area contributed by atoms with Crippen LogP contribution in [0.4, 0.5) is 0 Å². The van der Waals surface area contributed by atoms with Crippen molar-refractivity contribution in [2.45, 2.75) is 13.0 Å². The molecule has 3 rings (SSSR count). The topological polar surface area (TPSA) is 43.3 Å². The standard InChI is InChI=1S/C18H20N2O2S/c1-22-10-5-9-19-18(21)13-20-15-7-3-2-6-14(15)12-16(20)17-8-4-11-23-17/h2-4,6-8,11-12H,5,9-10,13H2,1H3,(H,19,21). The second-order valence-electron chi connectivity index (χ2n) is 5.35. The highest BCUT2D eigenvalue weighted by atomic mass is 32.1. The predicted molar refractivity (Wildman–Crippen MR) is 94.8 cm³/mol. The molecule has 2 aromatic heterocycles. The number of ether oxygens (including phenoxy) is 1. The molecule has 4 nitrogen and oxygen atoms in total. The number of fused-ring (bicyclic) bond motifs is 1. The van der Waals surface area contributed by atoms with E-state index in [1.807, 2.05) is 18.2 Å². The average molecular weight is 328 g/mol. The Labute approximate surface area is 139 Å². The van der Waals surface area contributed by atoms with Crippen molar-refractivity contribution in [2.24, 2.45) is 0 Å². The zero-order valence-electron chi connectivity index (χ0n) is 13.1. The second-order valence-corrected chi connectivity index (χ2v) is 6.30. The van der Waals surface area contributed by atoms with Gasteiger partial charge in [0, 0.05) is 31.2 Å². The summed E-state index contributed by atoms with van der Waals surface area (Å²) in [6.07, 6.45) is 0.826. The van der Waals surface area contributed by atoms with Gasteiger partial charge in [0.1, 0.15) is 6.54 Å². The van der Waals surface area contributed by atoms with Crippen molar-refractivity contribution in [2.75, 3.05) is 20.3 Å². The third-order valence-electron chi connectivity index (χ3n) is 3.73. The second kappa shape index (κ2) is 7.44. The predicted octanol–water partition coefficient (Wildman–Crippen LogP) is 3.52. The fraction of sp³-hybridized carbons (Fsp3) is 0.278. The molecule has 2 heterocycles. The molecule has 23 heavy (non-hydrogen) atoms. The van der Waals surface area contributed by atoms with Crippen LogP contribution in [0.2, 0.25) is 0 Å². The van der Waals surface area contributed by atoms with E-state index in [9.17, 15) is 4.79 Å². The third-order valence-corrected chi connectivity index (χ3v) is 4.63. The van der Waals surface area contributed by atoms with Crippen LogP contribution >= 0.6 is 11.3 Å². The van der Waals surface area contributed by atoms with Crippen LogP contribution in [0.1, 0.15) is 6.42 Å². The highest BCUT2D eigenvalue weighted by Gasteiger charge is 2.13. The number of rotatable bonds is 7. The van der Waals surface area contributed by atoms with Crippen LogP contribution < -0.4 is 5.32 Å². The smallest absolute Gasteiger partial charge is 0.239 e. The fourth-order valence-electron chi connectivity index (χ4n) is 2.65. The minimum Gasteiger partial charge on any atom is -0.385 e. The number of amides is 1. The number of hydrogen-bond acceptors (Lipinski definition) is 3. The number of hydrogen-bond donors (Lipinski definition) is 1. The summed E-state index contributed by atoms with van der Waals surface area (Å²) in [5.41, 5.74) is 2.18. The van der Waals surface area contributed by atoms with Gasteiger partial charge in [0.25, 0.3) is 0 Å². The van der Waals surface area contributed by atoms with Crippen molar-refractivity contribution < 1.29 is 9.53 Å². The van der Waals surface area contributed by atoms with Crippen molar-refractivity contribution >= 4 is 28.1 Å². The van der Waals surface area contributed by atoms with Crippen LogP contribution in [0.5, 0.6) is 0 Å². The van der Waals surface area contributed by atoms with Crippen molar-refractivity contribution in [3.63, 3.8) is 0 Å². The van der Waals surface area contributed by atoms with Gasteiger partial charge in [0.15, 0.2) is 0 Å². The summed E-state index contributed by atoms with van der Waals surface area (Å²) in [5, 5.41) is 6.17. The SMILES string of the molecule is COCCCNC(=O)Cn1c(-c2cccs2)cc2ccccc21. The number of methoxy groups -OCH3 is 1. The van der Waals surface area contributed by atoms with Gasteiger partial charge in [0.2, 0.25) is 5.91 Å². The Balaban J connectivity index is 1.84. The highest BCUT2D eigenvalue weighted by molar-refractivity contribution is 7.13. The average Bonchev–Trinajstić information content (AvgIpc) is 3.20. The first-order chi connectivity index (χ1) is 11.3. The largest absolute Gasteiger partial charge is 0.385 e. The Morgan fingerprint density at radius 3 is 2.91 bits per heavy atom. The van der Waals surface area contributed by atoms with Gasteiger partial charge in [-0.2, -0.15) is 0 Å². The van der Waals surface area contributed by atoms with Crippen LogP contribution in [0.3, 0.4) is 0 Å². The van der Waals surface area contributed by atoms with Crippen LogP contribution in [0.15, 0.2) is 47.8 Å². The third kappa shape index (κ3) is 3.63. The van der Waals surface area contributed by atoms with Gasteiger partial charge in [-0.05, 0) is 30.0 Å². The molecule has 0 unspecified atom stereocenters.